The van der Waals surface area contributed by atoms with Crippen molar-refractivity contribution in [2.24, 2.45) is 0 Å². The van der Waals surface area contributed by atoms with Crippen molar-refractivity contribution < 1.29 is 19.1 Å². The molecule has 6 nitrogen and oxygen atoms in total. The lowest BCUT2D eigenvalue weighted by Crippen LogP contribution is -2.40. The van der Waals surface area contributed by atoms with Crippen molar-refractivity contribution in [1.82, 2.24) is 9.80 Å². The Labute approximate surface area is 138 Å². The summed E-state index contributed by atoms with van der Waals surface area (Å²) >= 11 is 0. The summed E-state index contributed by atoms with van der Waals surface area (Å²) in [6.45, 7) is 13.5. The number of rotatable bonds is 0. The van der Waals surface area contributed by atoms with Crippen LogP contribution in [0.1, 0.15) is 48.0 Å². The van der Waals surface area contributed by atoms with Gasteiger partial charge in [-0.3, -0.25) is 0 Å². The Balaban J connectivity index is 1.93. The Morgan fingerprint density at radius 1 is 0.783 bits per heavy atom. The molecule has 0 aromatic heterocycles. The maximum absolute atomic E-state index is 12.2. The minimum Gasteiger partial charge on any atom is -0.444 e. The number of carbonyl (C=O) groups is 2. The first-order valence-electron chi connectivity index (χ1n) is 8.10. The lowest BCUT2D eigenvalue weighted by atomic mass is 10.0. The highest BCUT2D eigenvalue weighted by atomic mass is 16.6. The molecule has 130 valence electrons. The molecule has 2 aliphatic rings. The predicted octanol–water partition coefficient (Wildman–Crippen LogP) is 3.17. The SMILES string of the molecule is CC(C)(C)OC(=O)N1CCC2=C(C1)CN(C(=O)OC(C)(C)C)C2. The fraction of sp³-hybridized carbons (Fsp3) is 0.765. The molecule has 2 heterocycles. The molecule has 23 heavy (non-hydrogen) atoms. The molecule has 0 aliphatic carbocycles. The molecule has 0 fully saturated rings. The average Bonchev–Trinajstić information content (AvgIpc) is 2.77. The lowest BCUT2D eigenvalue weighted by molar-refractivity contribution is 0.0260. The molecule has 6 heteroatoms. The summed E-state index contributed by atoms with van der Waals surface area (Å²) in [6.07, 6.45) is 0.198. The van der Waals surface area contributed by atoms with Crippen molar-refractivity contribution in [3.05, 3.63) is 11.1 Å². The van der Waals surface area contributed by atoms with Gasteiger partial charge in [-0.2, -0.15) is 0 Å². The summed E-state index contributed by atoms with van der Waals surface area (Å²) in [4.78, 5) is 27.8. The van der Waals surface area contributed by atoms with Gasteiger partial charge in [-0.1, -0.05) is 0 Å². The predicted molar refractivity (Wildman–Crippen MR) is 87.3 cm³/mol. The van der Waals surface area contributed by atoms with Crippen LogP contribution in [0.5, 0.6) is 0 Å². The molecule has 2 aliphatic heterocycles. The van der Waals surface area contributed by atoms with E-state index in [1.807, 2.05) is 41.5 Å². The highest BCUT2D eigenvalue weighted by molar-refractivity contribution is 5.71. The third kappa shape index (κ3) is 4.88. The molecule has 0 unspecified atom stereocenters. The molecule has 0 N–H and O–H groups in total. The van der Waals surface area contributed by atoms with E-state index in [2.05, 4.69) is 0 Å². The monoisotopic (exact) mass is 324 g/mol. The zero-order valence-electron chi connectivity index (χ0n) is 15.1. The second-order valence-corrected chi connectivity index (χ2v) is 8.20. The number of hydrogen-bond donors (Lipinski definition) is 0. The van der Waals surface area contributed by atoms with Gasteiger partial charge >= 0.3 is 12.2 Å². The van der Waals surface area contributed by atoms with Gasteiger partial charge in [0.15, 0.2) is 0 Å². The minimum atomic E-state index is -0.497. The summed E-state index contributed by atoms with van der Waals surface area (Å²) in [5.41, 5.74) is 1.39. The Hall–Kier alpha value is -1.72. The topological polar surface area (TPSA) is 59.1 Å². The van der Waals surface area contributed by atoms with Gasteiger partial charge < -0.3 is 19.3 Å². The van der Waals surface area contributed by atoms with Crippen LogP contribution in [-0.2, 0) is 9.47 Å². The van der Waals surface area contributed by atoms with E-state index in [0.29, 0.717) is 26.2 Å². The van der Waals surface area contributed by atoms with E-state index in [4.69, 9.17) is 9.47 Å². The maximum atomic E-state index is 12.2. The van der Waals surface area contributed by atoms with Crippen molar-refractivity contribution in [2.75, 3.05) is 26.2 Å². The third-order valence-electron chi connectivity index (χ3n) is 3.63. The number of hydrogen-bond acceptors (Lipinski definition) is 4. The van der Waals surface area contributed by atoms with Crippen LogP contribution in [0.4, 0.5) is 9.59 Å². The fourth-order valence-corrected chi connectivity index (χ4v) is 2.68. The molecule has 2 rings (SSSR count). The highest BCUT2D eigenvalue weighted by Crippen LogP contribution is 2.27. The summed E-state index contributed by atoms with van der Waals surface area (Å²) in [5.74, 6) is 0. The molecular weight excluding hydrogens is 296 g/mol. The Kier molecular flexibility index (Phi) is 4.64. The molecule has 0 aromatic rings. The first-order chi connectivity index (χ1) is 10.4. The minimum absolute atomic E-state index is 0.292. The van der Waals surface area contributed by atoms with E-state index in [-0.39, 0.29) is 12.2 Å². The largest absolute Gasteiger partial charge is 0.444 e. The van der Waals surface area contributed by atoms with Crippen molar-refractivity contribution in [3.8, 4) is 0 Å². The first kappa shape index (κ1) is 17.6. The van der Waals surface area contributed by atoms with Gasteiger partial charge in [-0.15, -0.1) is 0 Å². The first-order valence-corrected chi connectivity index (χ1v) is 8.10. The fourth-order valence-electron chi connectivity index (χ4n) is 2.68. The van der Waals surface area contributed by atoms with Crippen LogP contribution in [0.3, 0.4) is 0 Å². The van der Waals surface area contributed by atoms with E-state index in [0.717, 1.165) is 12.0 Å². The highest BCUT2D eigenvalue weighted by Gasteiger charge is 2.34. The van der Waals surface area contributed by atoms with E-state index in [9.17, 15) is 9.59 Å². The maximum Gasteiger partial charge on any atom is 0.410 e. The molecule has 0 radical (unpaired) electrons. The molecule has 2 amide bonds. The van der Waals surface area contributed by atoms with Crippen molar-refractivity contribution in [3.63, 3.8) is 0 Å². The Morgan fingerprint density at radius 3 is 1.74 bits per heavy atom. The zero-order chi connectivity index (χ0) is 17.4. The lowest BCUT2D eigenvalue weighted by Gasteiger charge is -2.30. The Bertz CT molecular complexity index is 526. The van der Waals surface area contributed by atoms with Crippen LogP contribution < -0.4 is 0 Å². The van der Waals surface area contributed by atoms with Crippen molar-refractivity contribution >= 4 is 12.2 Å². The van der Waals surface area contributed by atoms with Crippen LogP contribution >= 0.6 is 0 Å². The second kappa shape index (κ2) is 6.06. The zero-order valence-corrected chi connectivity index (χ0v) is 15.1. The summed E-state index contributed by atoms with van der Waals surface area (Å²) in [7, 11) is 0. The summed E-state index contributed by atoms with van der Waals surface area (Å²) < 4.78 is 10.8. The van der Waals surface area contributed by atoms with Gasteiger partial charge in [0.25, 0.3) is 0 Å². The second-order valence-electron chi connectivity index (χ2n) is 8.20. The van der Waals surface area contributed by atoms with E-state index >= 15 is 0 Å². The van der Waals surface area contributed by atoms with Gasteiger partial charge in [0.1, 0.15) is 11.2 Å². The average molecular weight is 324 g/mol. The van der Waals surface area contributed by atoms with Crippen LogP contribution in [0, 0.1) is 0 Å². The van der Waals surface area contributed by atoms with Crippen molar-refractivity contribution in [1.29, 1.82) is 0 Å². The van der Waals surface area contributed by atoms with Crippen LogP contribution in [0.2, 0.25) is 0 Å². The third-order valence-corrected chi connectivity index (χ3v) is 3.63. The molecular formula is C17H28N2O4. The molecule has 0 atom stereocenters. The van der Waals surface area contributed by atoms with Gasteiger partial charge in [0.2, 0.25) is 0 Å². The molecule has 0 bridgehead atoms. The van der Waals surface area contributed by atoms with Crippen LogP contribution in [0.25, 0.3) is 0 Å². The van der Waals surface area contributed by atoms with Gasteiger partial charge in [0.05, 0.1) is 0 Å². The number of ether oxygens (including phenoxy) is 2. The number of amides is 2. The van der Waals surface area contributed by atoms with E-state index < -0.39 is 11.2 Å². The summed E-state index contributed by atoms with van der Waals surface area (Å²) in [5, 5.41) is 0. The normalized spacial score (nSPS) is 18.9. The van der Waals surface area contributed by atoms with E-state index in [1.54, 1.807) is 9.80 Å². The molecule has 0 aromatic carbocycles. The quantitative estimate of drug-likeness (QED) is 0.642. The van der Waals surface area contributed by atoms with E-state index in [1.165, 1.54) is 5.57 Å². The smallest absolute Gasteiger partial charge is 0.410 e. The van der Waals surface area contributed by atoms with Crippen molar-refractivity contribution in [2.45, 2.75) is 59.2 Å². The molecule has 0 spiro atoms. The van der Waals surface area contributed by atoms with Gasteiger partial charge in [-0.05, 0) is 59.1 Å². The molecule has 0 saturated carbocycles. The van der Waals surface area contributed by atoms with Crippen LogP contribution in [0.15, 0.2) is 11.1 Å². The van der Waals surface area contributed by atoms with Crippen LogP contribution in [-0.4, -0.2) is 59.4 Å². The summed E-state index contributed by atoms with van der Waals surface area (Å²) in [6, 6.07) is 0. The van der Waals surface area contributed by atoms with Gasteiger partial charge in [0, 0.05) is 26.2 Å². The standard InChI is InChI=1S/C17H28N2O4/c1-16(2,3)22-14(20)18-8-7-12-9-19(11-13(12)10-18)15(21)23-17(4,5)6/h7-11H2,1-6H3. The number of carbonyl (C=O) groups excluding carboxylic acids is 2. The number of nitrogens with zero attached hydrogens (tertiary/aromatic N) is 2. The van der Waals surface area contributed by atoms with Gasteiger partial charge in [-0.25, -0.2) is 9.59 Å². The Morgan fingerprint density at radius 2 is 1.22 bits per heavy atom. The molecule has 0 saturated heterocycles.